The van der Waals surface area contributed by atoms with Crippen LogP contribution in [0.2, 0.25) is 3.93 Å². The molecule has 3 aromatic carbocycles. The van der Waals surface area contributed by atoms with Gasteiger partial charge in [0.05, 0.1) is 0 Å². The summed E-state index contributed by atoms with van der Waals surface area (Å²) < 4.78 is 8.75. The number of methoxy groups -OCH3 is 1. The molecule has 2 aliphatic carbocycles. The van der Waals surface area contributed by atoms with Crippen LogP contribution in [0.15, 0.2) is 91.0 Å². The van der Waals surface area contributed by atoms with Crippen molar-refractivity contribution >= 4 is 25.5 Å². The molecule has 0 aromatic heterocycles. The van der Waals surface area contributed by atoms with Crippen LogP contribution < -0.4 is 7.16 Å². The van der Waals surface area contributed by atoms with Crippen molar-refractivity contribution in [2.75, 3.05) is 13.7 Å². The van der Waals surface area contributed by atoms with Gasteiger partial charge in [0, 0.05) is 0 Å². The Bertz CT molecular complexity index is 936. The van der Waals surface area contributed by atoms with Gasteiger partial charge in [-0.05, 0) is 0 Å². The fourth-order valence-corrected chi connectivity index (χ4v) is 25.2. The molecular weight excluding hydrogens is 487 g/mol. The number of aliphatic hydroxyl groups is 1. The van der Waals surface area contributed by atoms with Crippen LogP contribution in [0.1, 0.15) is 28.9 Å². The van der Waals surface area contributed by atoms with Crippen molar-refractivity contribution in [3.05, 3.63) is 96.6 Å². The third kappa shape index (κ3) is 3.57. The number of hydrogen-bond acceptors (Lipinski definition) is 2. The summed E-state index contributed by atoms with van der Waals surface area (Å²) in [5.74, 6) is 1.97. The van der Waals surface area contributed by atoms with Gasteiger partial charge in [-0.25, -0.2) is 0 Å². The van der Waals surface area contributed by atoms with Gasteiger partial charge >= 0.3 is 191 Å². The standard InChI is InChI=1S/C9H15O.C7H7O.2C6H5.Sn/c1-10-6-9-5-7-2-3-8(9)4-7;8-6-7-4-2-1-3-5-7;2*1-2-4-6-5-3-1;/h5,7-9H,2-4,6H2,1H3;1-6,8H;2*1-5H;/t7-,8+,9+;;;;/m0..../s1. The first kappa shape index (κ1) is 21.2. The van der Waals surface area contributed by atoms with Crippen LogP contribution in [0.4, 0.5) is 0 Å². The van der Waals surface area contributed by atoms with Crippen LogP contribution >= 0.6 is 0 Å². The molecule has 0 aliphatic heterocycles. The average molecular weight is 519 g/mol. The maximum atomic E-state index is 12.4. The second-order valence-corrected chi connectivity index (χ2v) is 21.1. The Kier molecular flexibility index (Phi) is 6.23. The van der Waals surface area contributed by atoms with Gasteiger partial charge in [0.25, 0.3) is 0 Å². The summed E-state index contributed by atoms with van der Waals surface area (Å²) in [4.78, 5) is 0. The Morgan fingerprint density at radius 3 is 1.87 bits per heavy atom. The Balaban J connectivity index is 1.79. The Morgan fingerprint density at radius 1 is 0.806 bits per heavy atom. The quantitative estimate of drug-likeness (QED) is 0.464. The van der Waals surface area contributed by atoms with Crippen molar-refractivity contribution in [2.24, 2.45) is 17.8 Å². The van der Waals surface area contributed by atoms with Gasteiger partial charge in [0.1, 0.15) is 0 Å². The van der Waals surface area contributed by atoms with E-state index in [0.717, 1.165) is 18.1 Å². The van der Waals surface area contributed by atoms with Crippen molar-refractivity contribution in [3.63, 3.8) is 0 Å². The summed E-state index contributed by atoms with van der Waals surface area (Å²) in [6, 6.07) is 32.6. The Hall–Kier alpha value is -1.62. The van der Waals surface area contributed by atoms with Gasteiger partial charge in [-0.15, -0.1) is 0 Å². The van der Waals surface area contributed by atoms with Crippen molar-refractivity contribution < 1.29 is 9.84 Å². The molecule has 31 heavy (non-hydrogen) atoms. The van der Waals surface area contributed by atoms with Crippen LogP contribution in [0, 0.1) is 17.8 Å². The number of rotatable bonds is 7. The van der Waals surface area contributed by atoms with Crippen molar-refractivity contribution in [1.82, 2.24) is 0 Å². The van der Waals surface area contributed by atoms with E-state index < -0.39 is 22.5 Å². The summed E-state index contributed by atoms with van der Waals surface area (Å²) in [7, 11) is 1.85. The maximum absolute atomic E-state index is 12.4. The zero-order valence-corrected chi connectivity index (χ0v) is 21.1. The van der Waals surface area contributed by atoms with Gasteiger partial charge in [-0.3, -0.25) is 0 Å². The van der Waals surface area contributed by atoms with E-state index in [4.69, 9.17) is 4.74 Å². The number of benzene rings is 3. The Labute approximate surface area is 190 Å². The number of hydrogen-bond donors (Lipinski definition) is 1. The van der Waals surface area contributed by atoms with Gasteiger partial charge in [-0.1, -0.05) is 0 Å². The Morgan fingerprint density at radius 2 is 1.32 bits per heavy atom. The van der Waals surface area contributed by atoms with E-state index >= 15 is 0 Å². The van der Waals surface area contributed by atoms with E-state index in [1.165, 1.54) is 26.4 Å². The number of fused-ring (bicyclic) bond motifs is 2. The topological polar surface area (TPSA) is 29.5 Å². The van der Waals surface area contributed by atoms with Crippen LogP contribution in [0.5, 0.6) is 0 Å². The van der Waals surface area contributed by atoms with E-state index in [-0.39, 0.29) is 0 Å². The zero-order valence-electron chi connectivity index (χ0n) is 18.2. The molecule has 0 spiro atoms. The minimum atomic E-state index is -3.72. The third-order valence-electron chi connectivity index (χ3n) is 8.02. The van der Waals surface area contributed by atoms with E-state index in [1.54, 1.807) is 0 Å². The van der Waals surface area contributed by atoms with Gasteiger partial charge in [0.2, 0.25) is 0 Å². The first-order valence-corrected chi connectivity index (χ1v) is 17.7. The first-order valence-electron chi connectivity index (χ1n) is 11.6. The molecule has 0 radical (unpaired) electrons. The molecule has 2 saturated carbocycles. The summed E-state index contributed by atoms with van der Waals surface area (Å²) >= 11 is -3.72. The molecule has 3 heteroatoms. The van der Waals surface area contributed by atoms with Gasteiger partial charge in [-0.2, -0.15) is 0 Å². The second-order valence-electron chi connectivity index (χ2n) is 9.39. The summed E-state index contributed by atoms with van der Waals surface area (Å²) in [6.07, 6.45) is 3.93. The molecule has 0 amide bonds. The molecular formula is C28H32O2Sn. The molecule has 0 heterocycles. The van der Waals surface area contributed by atoms with E-state index in [9.17, 15) is 5.11 Å². The predicted octanol–water partition coefficient (Wildman–Crippen LogP) is 4.59. The zero-order chi connectivity index (χ0) is 21.3. The van der Waals surface area contributed by atoms with Crippen molar-refractivity contribution in [2.45, 2.75) is 27.3 Å². The average Bonchev–Trinajstić information content (AvgIpc) is 3.45. The first-order chi connectivity index (χ1) is 15.3. The fraction of sp³-hybridized carbons (Fsp3) is 0.357. The molecule has 2 bridgehead atoms. The molecule has 1 unspecified atom stereocenters. The van der Waals surface area contributed by atoms with Gasteiger partial charge < -0.3 is 0 Å². The third-order valence-corrected chi connectivity index (χ3v) is 24.4. The van der Waals surface area contributed by atoms with Crippen LogP contribution in [-0.2, 0) is 4.74 Å². The molecule has 5 atom stereocenters. The molecule has 0 saturated heterocycles. The SMILES string of the molecule is COC[C@@H]1[C@@H]2CC[C@@H](C2)[C@H]1[Sn]([c]1ccccc1)([c]1ccccc1)[CH](O)c1ccccc1. The van der Waals surface area contributed by atoms with Crippen molar-refractivity contribution in [3.8, 4) is 0 Å². The molecule has 2 fully saturated rings. The summed E-state index contributed by atoms with van der Waals surface area (Å²) in [5, 5.41) is 12.4. The molecule has 5 rings (SSSR count). The number of ether oxygens (including phenoxy) is 1. The predicted molar refractivity (Wildman–Crippen MR) is 129 cm³/mol. The monoisotopic (exact) mass is 520 g/mol. The molecule has 160 valence electrons. The van der Waals surface area contributed by atoms with E-state index in [1.807, 2.05) is 13.2 Å². The molecule has 1 N–H and O–H groups in total. The van der Waals surface area contributed by atoms with E-state index in [2.05, 4.69) is 84.9 Å². The summed E-state index contributed by atoms with van der Waals surface area (Å²) in [5.41, 5.74) is 1.07. The molecule has 2 aliphatic rings. The van der Waals surface area contributed by atoms with Gasteiger partial charge in [0.15, 0.2) is 0 Å². The van der Waals surface area contributed by atoms with Crippen LogP contribution in [0.25, 0.3) is 0 Å². The van der Waals surface area contributed by atoms with E-state index in [0.29, 0.717) is 15.8 Å². The minimum absolute atomic E-state index is 0.427. The fourth-order valence-electron chi connectivity index (χ4n) is 6.93. The van der Waals surface area contributed by atoms with Crippen molar-refractivity contribution in [1.29, 1.82) is 0 Å². The summed E-state index contributed by atoms with van der Waals surface area (Å²) in [6.45, 7) is 0.811. The van der Waals surface area contributed by atoms with Crippen LogP contribution in [-0.4, -0.2) is 37.2 Å². The van der Waals surface area contributed by atoms with Crippen LogP contribution in [0.3, 0.4) is 0 Å². The molecule has 2 nitrogen and oxygen atoms in total. The normalized spacial score (nSPS) is 26.1. The second kappa shape index (κ2) is 9.09. The molecule has 3 aromatic rings. The number of aliphatic hydroxyl groups excluding tert-OH is 1.